The van der Waals surface area contributed by atoms with Crippen molar-refractivity contribution in [2.45, 2.75) is 13.3 Å². The molecule has 0 radical (unpaired) electrons. The van der Waals surface area contributed by atoms with Gasteiger partial charge in [-0.15, -0.1) is 0 Å². The average Bonchev–Trinajstić information content (AvgIpc) is 2.17. The number of azo groups is 1. The Morgan fingerprint density at radius 1 is 1.50 bits per heavy atom. The molecule has 1 heterocycles. The van der Waals surface area contributed by atoms with Gasteiger partial charge in [0.25, 0.3) is 0 Å². The lowest BCUT2D eigenvalue weighted by Gasteiger charge is -1.85. The van der Waals surface area contributed by atoms with Crippen LogP contribution < -0.4 is 0 Å². The van der Waals surface area contributed by atoms with E-state index in [0.717, 1.165) is 12.1 Å². The third-order valence-corrected chi connectivity index (χ3v) is 1.12. The molecule has 0 spiro atoms. The summed E-state index contributed by atoms with van der Waals surface area (Å²) in [6.45, 7) is 2.08. The van der Waals surface area contributed by atoms with Gasteiger partial charge in [0.1, 0.15) is 0 Å². The normalized spacial score (nSPS) is 19.9. The van der Waals surface area contributed by atoms with Gasteiger partial charge in [0.2, 0.25) is 0 Å². The van der Waals surface area contributed by atoms with Crippen LogP contribution in [0.1, 0.15) is 13.3 Å². The minimum atomic E-state index is 0.938. The van der Waals surface area contributed by atoms with E-state index < -0.39 is 0 Å². The van der Waals surface area contributed by atoms with Gasteiger partial charge >= 0.3 is 0 Å². The van der Waals surface area contributed by atoms with Gasteiger partial charge in [0.05, 0.1) is 5.70 Å². The molecule has 52 valence electrons. The first kappa shape index (κ1) is 6.93. The second-order valence-electron chi connectivity index (χ2n) is 1.95. The molecule has 0 aromatic heterocycles. The lowest BCUT2D eigenvalue weighted by atomic mass is 10.3. The molecule has 0 unspecified atom stereocenters. The molecule has 0 bridgehead atoms. The lowest BCUT2D eigenvalue weighted by molar-refractivity contribution is 1.12. The maximum atomic E-state index is 3.93. The summed E-state index contributed by atoms with van der Waals surface area (Å²) in [4.78, 5) is 0. The molecule has 1 aliphatic rings. The molecule has 0 aliphatic carbocycles. The third kappa shape index (κ3) is 1.97. The molecule has 0 saturated heterocycles. The van der Waals surface area contributed by atoms with Crippen molar-refractivity contribution < 1.29 is 0 Å². The number of allylic oxidation sites excluding steroid dienone is 4. The fourth-order valence-corrected chi connectivity index (χ4v) is 0.694. The number of nitrogens with zero attached hydrogens (tertiary/aromatic N) is 2. The van der Waals surface area contributed by atoms with Gasteiger partial charge in [-0.1, -0.05) is 19.1 Å². The van der Waals surface area contributed by atoms with Gasteiger partial charge in [-0.2, -0.15) is 10.2 Å². The van der Waals surface area contributed by atoms with Crippen LogP contribution in [0.5, 0.6) is 0 Å². The van der Waals surface area contributed by atoms with Crippen LogP contribution in [0.15, 0.2) is 46.4 Å². The van der Waals surface area contributed by atoms with Crippen LogP contribution in [0, 0.1) is 0 Å². The van der Waals surface area contributed by atoms with Crippen molar-refractivity contribution in [1.82, 2.24) is 0 Å². The Balaban J connectivity index is 2.72. The summed E-state index contributed by atoms with van der Waals surface area (Å²) >= 11 is 0. The third-order valence-electron chi connectivity index (χ3n) is 1.12. The topological polar surface area (TPSA) is 24.7 Å². The highest BCUT2D eigenvalue weighted by Gasteiger charge is 1.86. The highest BCUT2D eigenvalue weighted by Crippen LogP contribution is 2.04. The van der Waals surface area contributed by atoms with E-state index in [1.54, 1.807) is 6.20 Å². The maximum absolute atomic E-state index is 3.93. The van der Waals surface area contributed by atoms with Gasteiger partial charge < -0.3 is 0 Å². The zero-order valence-electron chi connectivity index (χ0n) is 5.99. The summed E-state index contributed by atoms with van der Waals surface area (Å²) in [5.41, 5.74) is 0.938. The molecule has 0 fully saturated rings. The first-order valence-electron chi connectivity index (χ1n) is 3.37. The molecule has 2 heteroatoms. The maximum Gasteiger partial charge on any atom is 0.0816 e. The molecule has 0 aromatic rings. The van der Waals surface area contributed by atoms with Crippen LogP contribution in [0.4, 0.5) is 0 Å². The SMILES string of the molecule is CCC=C1C=CC=CN=N1. The molecular weight excluding hydrogens is 124 g/mol. The van der Waals surface area contributed by atoms with Gasteiger partial charge in [0.15, 0.2) is 0 Å². The highest BCUT2D eigenvalue weighted by molar-refractivity contribution is 5.22. The van der Waals surface area contributed by atoms with Crippen molar-refractivity contribution in [1.29, 1.82) is 0 Å². The monoisotopic (exact) mass is 134 g/mol. The van der Waals surface area contributed by atoms with Crippen LogP contribution in [0.2, 0.25) is 0 Å². The summed E-state index contributed by atoms with van der Waals surface area (Å²) in [6, 6.07) is 0. The van der Waals surface area contributed by atoms with Crippen molar-refractivity contribution >= 4 is 0 Å². The molecule has 0 atom stereocenters. The van der Waals surface area contributed by atoms with E-state index in [0.29, 0.717) is 0 Å². The highest BCUT2D eigenvalue weighted by atomic mass is 15.1. The Labute approximate surface area is 60.7 Å². The molecule has 2 nitrogen and oxygen atoms in total. The minimum absolute atomic E-state index is 0.938. The fourth-order valence-electron chi connectivity index (χ4n) is 0.694. The smallest absolute Gasteiger partial charge is 0.0816 e. The van der Waals surface area contributed by atoms with Gasteiger partial charge in [-0.25, -0.2) is 0 Å². The molecule has 10 heavy (non-hydrogen) atoms. The molecule has 1 rings (SSSR count). The van der Waals surface area contributed by atoms with Crippen molar-refractivity contribution in [3.8, 4) is 0 Å². The Bertz CT molecular complexity index is 191. The number of rotatable bonds is 1. The molecular formula is C8H10N2. The quantitative estimate of drug-likeness (QED) is 0.526. The van der Waals surface area contributed by atoms with E-state index in [2.05, 4.69) is 17.2 Å². The van der Waals surface area contributed by atoms with Crippen molar-refractivity contribution in [2.24, 2.45) is 10.2 Å². The van der Waals surface area contributed by atoms with Crippen molar-refractivity contribution in [3.63, 3.8) is 0 Å². The van der Waals surface area contributed by atoms with Gasteiger partial charge in [-0.3, -0.25) is 0 Å². The van der Waals surface area contributed by atoms with E-state index in [4.69, 9.17) is 0 Å². The molecule has 0 amide bonds. The van der Waals surface area contributed by atoms with Gasteiger partial charge in [-0.05, 0) is 18.6 Å². The Morgan fingerprint density at radius 2 is 2.40 bits per heavy atom. The molecule has 0 saturated carbocycles. The van der Waals surface area contributed by atoms with Crippen LogP contribution in [-0.2, 0) is 0 Å². The van der Waals surface area contributed by atoms with Crippen molar-refractivity contribution in [2.75, 3.05) is 0 Å². The first-order chi connectivity index (χ1) is 4.93. The Hall–Kier alpha value is -1.18. The lowest BCUT2D eigenvalue weighted by Crippen LogP contribution is -1.67. The fraction of sp³-hybridized carbons (Fsp3) is 0.250. The van der Waals surface area contributed by atoms with Crippen LogP contribution >= 0.6 is 0 Å². The zero-order chi connectivity index (χ0) is 7.23. The van der Waals surface area contributed by atoms with Crippen LogP contribution in [-0.4, -0.2) is 0 Å². The minimum Gasteiger partial charge on any atom is -0.159 e. The molecule has 0 aromatic carbocycles. The predicted molar refractivity (Wildman–Crippen MR) is 41.5 cm³/mol. The summed E-state index contributed by atoms with van der Waals surface area (Å²) in [5.74, 6) is 0. The standard InChI is InChI=1S/C8H10N2/c1-2-5-8-6-3-4-7-9-10-8/h3-7H,2H2,1H3. The Morgan fingerprint density at radius 3 is 3.20 bits per heavy atom. The first-order valence-corrected chi connectivity index (χ1v) is 3.37. The second kappa shape index (κ2) is 3.77. The summed E-state index contributed by atoms with van der Waals surface area (Å²) in [5, 5.41) is 7.71. The van der Waals surface area contributed by atoms with E-state index in [9.17, 15) is 0 Å². The van der Waals surface area contributed by atoms with Crippen LogP contribution in [0.25, 0.3) is 0 Å². The number of hydrogen-bond acceptors (Lipinski definition) is 2. The predicted octanol–water partition coefficient (Wildman–Crippen LogP) is 2.82. The summed E-state index contributed by atoms with van der Waals surface area (Å²) in [7, 11) is 0. The summed E-state index contributed by atoms with van der Waals surface area (Å²) < 4.78 is 0. The van der Waals surface area contributed by atoms with E-state index in [-0.39, 0.29) is 0 Å². The summed E-state index contributed by atoms with van der Waals surface area (Å²) in [6.07, 6.45) is 10.4. The molecule has 0 N–H and O–H groups in total. The largest absolute Gasteiger partial charge is 0.159 e. The van der Waals surface area contributed by atoms with E-state index >= 15 is 0 Å². The van der Waals surface area contributed by atoms with Crippen LogP contribution in [0.3, 0.4) is 0 Å². The van der Waals surface area contributed by atoms with Gasteiger partial charge in [0, 0.05) is 6.20 Å². The average molecular weight is 134 g/mol. The second-order valence-corrected chi connectivity index (χ2v) is 1.95. The zero-order valence-corrected chi connectivity index (χ0v) is 5.99. The van der Waals surface area contributed by atoms with E-state index in [1.165, 1.54) is 0 Å². The van der Waals surface area contributed by atoms with E-state index in [1.807, 2.05) is 24.3 Å². The number of hydrogen-bond donors (Lipinski definition) is 0. The molecule has 1 aliphatic heterocycles. The Kier molecular flexibility index (Phi) is 2.62. The van der Waals surface area contributed by atoms with Crippen molar-refractivity contribution in [3.05, 3.63) is 36.2 Å².